The van der Waals surface area contributed by atoms with Crippen LogP contribution in [0.25, 0.3) is 21.7 Å². The van der Waals surface area contributed by atoms with Gasteiger partial charge in [-0.2, -0.15) is 4.98 Å². The maximum absolute atomic E-state index is 11.7. The van der Waals surface area contributed by atoms with Crippen molar-refractivity contribution in [1.82, 2.24) is 4.98 Å². The summed E-state index contributed by atoms with van der Waals surface area (Å²) >= 11 is 0. The molecule has 0 aliphatic rings. The third-order valence-corrected chi connectivity index (χ3v) is 4.03. The molecule has 0 unspecified atom stereocenters. The van der Waals surface area contributed by atoms with E-state index in [1.54, 1.807) is 0 Å². The van der Waals surface area contributed by atoms with Crippen LogP contribution in [0.3, 0.4) is 0 Å². The van der Waals surface area contributed by atoms with Gasteiger partial charge in [0.1, 0.15) is 5.58 Å². The lowest BCUT2D eigenvalue weighted by molar-refractivity contribution is 0.179. The maximum atomic E-state index is 11.7. The molecule has 1 aromatic heterocycles. The zero-order valence-corrected chi connectivity index (χ0v) is 13.7. The molecular formula is C20H16N2O3. The van der Waals surface area contributed by atoms with E-state index >= 15 is 0 Å². The normalized spacial score (nSPS) is 11.1. The Morgan fingerprint density at radius 2 is 1.76 bits per heavy atom. The molecule has 0 bridgehead atoms. The Morgan fingerprint density at radius 1 is 1.04 bits per heavy atom. The van der Waals surface area contributed by atoms with E-state index in [0.29, 0.717) is 23.4 Å². The summed E-state index contributed by atoms with van der Waals surface area (Å²) < 4.78 is 5.23. The van der Waals surface area contributed by atoms with Crippen LogP contribution < -0.4 is 11.2 Å². The van der Waals surface area contributed by atoms with Gasteiger partial charge in [-0.1, -0.05) is 54.1 Å². The minimum absolute atomic E-state index is 0.351. The molecule has 0 amide bonds. The first-order valence-electron chi connectivity index (χ1n) is 7.96. The first kappa shape index (κ1) is 15.4. The number of rotatable bonds is 4. The third kappa shape index (κ3) is 3.22. The molecular weight excluding hydrogens is 316 g/mol. The number of nitrogens with zero attached hydrogens (tertiary/aromatic N) is 1. The van der Waals surface area contributed by atoms with Gasteiger partial charge in [0.05, 0.1) is 12.0 Å². The van der Waals surface area contributed by atoms with Crippen LogP contribution >= 0.6 is 0 Å². The van der Waals surface area contributed by atoms with E-state index < -0.39 is 5.76 Å². The molecule has 124 valence electrons. The summed E-state index contributed by atoms with van der Waals surface area (Å²) in [5.74, 6) is -0.312. The maximum Gasteiger partial charge on any atom is 0.441 e. The van der Waals surface area contributed by atoms with E-state index in [1.165, 1.54) is 5.56 Å². The van der Waals surface area contributed by atoms with E-state index in [-0.39, 0.29) is 0 Å². The molecule has 4 rings (SSSR count). The quantitative estimate of drug-likeness (QED) is 0.448. The van der Waals surface area contributed by atoms with Crippen molar-refractivity contribution in [2.75, 3.05) is 5.48 Å². The van der Waals surface area contributed by atoms with Gasteiger partial charge in [-0.05, 0) is 35.4 Å². The average Bonchev–Trinajstić information content (AvgIpc) is 2.62. The van der Waals surface area contributed by atoms with E-state index in [0.717, 1.165) is 16.3 Å². The highest BCUT2D eigenvalue weighted by molar-refractivity contribution is 5.99. The van der Waals surface area contributed by atoms with Crippen LogP contribution in [0.4, 0.5) is 5.82 Å². The van der Waals surface area contributed by atoms with E-state index in [4.69, 9.17) is 9.25 Å². The fraction of sp³-hybridized carbons (Fsp3) is 0.100. The predicted octanol–water partition coefficient (Wildman–Crippen LogP) is 4.19. The summed E-state index contributed by atoms with van der Waals surface area (Å²) in [7, 11) is 0. The van der Waals surface area contributed by atoms with Gasteiger partial charge in [0.25, 0.3) is 0 Å². The number of benzene rings is 3. The molecule has 0 fully saturated rings. The number of hydrogen-bond donors (Lipinski definition) is 1. The van der Waals surface area contributed by atoms with E-state index in [2.05, 4.69) is 10.5 Å². The summed E-state index contributed by atoms with van der Waals surface area (Å²) in [5, 5.41) is 2.73. The number of fused-ring (bicyclic) bond motifs is 2. The van der Waals surface area contributed by atoms with Gasteiger partial charge in [-0.25, -0.2) is 10.3 Å². The lowest BCUT2D eigenvalue weighted by Gasteiger charge is -2.09. The lowest BCUT2D eigenvalue weighted by atomic mass is 10.1. The van der Waals surface area contributed by atoms with Gasteiger partial charge >= 0.3 is 5.76 Å². The van der Waals surface area contributed by atoms with Crippen LogP contribution in [0.15, 0.2) is 69.9 Å². The minimum atomic E-state index is -0.663. The molecule has 1 N–H and O–H groups in total. The largest absolute Gasteiger partial charge is 0.441 e. The summed E-state index contributed by atoms with van der Waals surface area (Å²) in [6, 6.07) is 19.7. The highest BCUT2D eigenvalue weighted by Crippen LogP contribution is 2.26. The van der Waals surface area contributed by atoms with Crippen molar-refractivity contribution in [3.63, 3.8) is 0 Å². The number of nitrogens with one attached hydrogen (secondary N) is 1. The monoisotopic (exact) mass is 332 g/mol. The molecule has 5 heteroatoms. The van der Waals surface area contributed by atoms with Gasteiger partial charge < -0.3 is 4.42 Å². The molecule has 25 heavy (non-hydrogen) atoms. The predicted molar refractivity (Wildman–Crippen MR) is 97.4 cm³/mol. The van der Waals surface area contributed by atoms with Crippen molar-refractivity contribution in [2.45, 2.75) is 13.5 Å². The number of hydrogen-bond acceptors (Lipinski definition) is 5. The van der Waals surface area contributed by atoms with Crippen LogP contribution in [0.5, 0.6) is 0 Å². The Hall–Kier alpha value is -3.18. The lowest BCUT2D eigenvalue weighted by Crippen LogP contribution is -2.11. The summed E-state index contributed by atoms with van der Waals surface area (Å²) in [4.78, 5) is 21.2. The summed E-state index contributed by atoms with van der Waals surface area (Å²) in [6.45, 7) is 2.39. The van der Waals surface area contributed by atoms with Crippen molar-refractivity contribution >= 4 is 27.6 Å². The van der Waals surface area contributed by atoms with Gasteiger partial charge in [0, 0.05) is 0 Å². The van der Waals surface area contributed by atoms with Gasteiger partial charge in [0.2, 0.25) is 0 Å². The second-order valence-corrected chi connectivity index (χ2v) is 5.90. The van der Waals surface area contributed by atoms with Crippen molar-refractivity contribution in [1.29, 1.82) is 0 Å². The number of aryl methyl sites for hydroxylation is 1. The zero-order chi connectivity index (χ0) is 17.2. The first-order valence-corrected chi connectivity index (χ1v) is 7.96. The number of aromatic nitrogens is 1. The molecule has 5 nitrogen and oxygen atoms in total. The molecule has 4 aromatic rings. The Bertz CT molecular complexity index is 1100. The second kappa shape index (κ2) is 6.37. The topological polar surface area (TPSA) is 64.4 Å². The Balaban J connectivity index is 1.64. The van der Waals surface area contributed by atoms with Gasteiger partial charge in [-0.15, -0.1) is 0 Å². The third-order valence-electron chi connectivity index (χ3n) is 4.03. The molecule has 0 aliphatic heterocycles. The summed E-state index contributed by atoms with van der Waals surface area (Å²) in [5.41, 5.74) is 5.47. The average molecular weight is 332 g/mol. The van der Waals surface area contributed by atoms with E-state index in [1.807, 2.05) is 67.6 Å². The van der Waals surface area contributed by atoms with Crippen LogP contribution in [0.2, 0.25) is 0 Å². The Labute approximate surface area is 143 Å². The first-order chi connectivity index (χ1) is 12.2. The fourth-order valence-electron chi connectivity index (χ4n) is 2.71. The van der Waals surface area contributed by atoms with Crippen LogP contribution in [0, 0.1) is 6.92 Å². The minimum Gasteiger partial charge on any atom is -0.408 e. The molecule has 0 saturated carbocycles. The summed E-state index contributed by atoms with van der Waals surface area (Å²) in [6.07, 6.45) is 0. The standard InChI is InChI=1S/C20H16N2O3/c1-13-6-8-14(9-7-13)12-24-22-19-17-10-15-4-2-3-5-16(15)11-18(17)25-20(23)21-19/h2-11H,12H2,1H3,(H,21,22,23). The van der Waals surface area contributed by atoms with Crippen molar-refractivity contribution in [2.24, 2.45) is 0 Å². The Kier molecular flexibility index (Phi) is 3.91. The van der Waals surface area contributed by atoms with Gasteiger partial charge in [0.15, 0.2) is 5.82 Å². The molecule has 0 radical (unpaired) electrons. The molecule has 3 aromatic carbocycles. The van der Waals surface area contributed by atoms with Gasteiger partial charge in [-0.3, -0.25) is 4.84 Å². The number of anilines is 1. The molecule has 0 saturated heterocycles. The molecule has 0 aliphatic carbocycles. The SMILES string of the molecule is Cc1ccc(CONc2nc(=O)oc3cc4ccccc4cc23)cc1. The van der Waals surface area contributed by atoms with Crippen molar-refractivity contribution in [3.05, 3.63) is 82.3 Å². The Morgan fingerprint density at radius 3 is 2.52 bits per heavy atom. The highest BCUT2D eigenvalue weighted by atomic mass is 16.6. The van der Waals surface area contributed by atoms with E-state index in [9.17, 15) is 4.79 Å². The van der Waals surface area contributed by atoms with Crippen LogP contribution in [0.1, 0.15) is 11.1 Å². The van der Waals surface area contributed by atoms with Crippen LogP contribution in [-0.2, 0) is 11.4 Å². The van der Waals surface area contributed by atoms with Crippen molar-refractivity contribution in [3.8, 4) is 0 Å². The molecule has 1 heterocycles. The smallest absolute Gasteiger partial charge is 0.408 e. The zero-order valence-electron chi connectivity index (χ0n) is 13.7. The van der Waals surface area contributed by atoms with Crippen molar-refractivity contribution < 1.29 is 9.25 Å². The molecule has 0 spiro atoms. The fourth-order valence-corrected chi connectivity index (χ4v) is 2.71. The second-order valence-electron chi connectivity index (χ2n) is 5.90. The highest BCUT2D eigenvalue weighted by Gasteiger charge is 2.09. The van der Waals surface area contributed by atoms with Crippen LogP contribution in [-0.4, -0.2) is 4.98 Å². The molecule has 0 atom stereocenters.